The Kier molecular flexibility index (Phi) is 10.6. The van der Waals surface area contributed by atoms with Crippen molar-refractivity contribution in [2.75, 3.05) is 18.5 Å². The summed E-state index contributed by atoms with van der Waals surface area (Å²) in [6.07, 6.45) is 16.5. The Hall–Kier alpha value is -0.550. The van der Waals surface area contributed by atoms with Crippen LogP contribution in [0.3, 0.4) is 0 Å². The van der Waals surface area contributed by atoms with Gasteiger partial charge in [0, 0.05) is 0 Å². The first-order chi connectivity index (χ1) is 11.2. The van der Waals surface area contributed by atoms with Crippen molar-refractivity contribution in [1.82, 2.24) is 0 Å². The first kappa shape index (κ1) is 20.5. The average Bonchev–Trinajstić information content (AvgIpc) is 2.56. The van der Waals surface area contributed by atoms with Gasteiger partial charge in [-0.25, -0.2) is 0 Å². The molecule has 0 unspecified atom stereocenters. The Morgan fingerprint density at radius 3 is 1.39 bits per heavy atom. The Bertz CT molecular complexity index is 372. The average molecular weight is 339 g/mol. The summed E-state index contributed by atoms with van der Waals surface area (Å²) in [5.74, 6) is 0.410. The van der Waals surface area contributed by atoms with E-state index < -0.39 is 7.26 Å². The normalized spacial score (nSPS) is 12.5. The molecule has 23 heavy (non-hydrogen) atoms. The van der Waals surface area contributed by atoms with Gasteiger partial charge < -0.3 is 0 Å². The number of rotatable bonds is 13. The van der Waals surface area contributed by atoms with E-state index in [1.807, 2.05) is 12.1 Å². The molecule has 1 N–H and O–H groups in total. The molecule has 0 radical (unpaired) electrons. The molecule has 2 heteroatoms. The summed E-state index contributed by atoms with van der Waals surface area (Å²) in [4.78, 5) is 0. The van der Waals surface area contributed by atoms with E-state index in [1.165, 1.54) is 76.3 Å². The van der Waals surface area contributed by atoms with Crippen LogP contribution in [0.15, 0.2) is 24.3 Å². The van der Waals surface area contributed by atoms with Gasteiger partial charge in [-0.05, 0) is 0 Å². The molecule has 1 rings (SSSR count). The predicted molar refractivity (Wildman–Crippen MR) is 109 cm³/mol. The number of aromatic hydroxyl groups is 1. The van der Waals surface area contributed by atoms with Crippen molar-refractivity contribution in [3.8, 4) is 5.75 Å². The van der Waals surface area contributed by atoms with Crippen LogP contribution in [0, 0.1) is 0 Å². The zero-order valence-corrected chi connectivity index (χ0v) is 16.7. The van der Waals surface area contributed by atoms with Crippen LogP contribution in [0.5, 0.6) is 5.75 Å². The van der Waals surface area contributed by atoms with Crippen molar-refractivity contribution in [1.29, 1.82) is 0 Å². The van der Waals surface area contributed by atoms with Crippen LogP contribution in [0.2, 0.25) is 0 Å². The second-order valence-electron chi connectivity index (χ2n) is 7.20. The van der Waals surface area contributed by atoms with Gasteiger partial charge in [-0.1, -0.05) is 0 Å². The van der Waals surface area contributed by atoms with Gasteiger partial charge in [0.05, 0.1) is 0 Å². The van der Waals surface area contributed by atoms with Gasteiger partial charge in [0.15, 0.2) is 0 Å². The molecule has 0 spiro atoms. The number of phenols is 1. The topological polar surface area (TPSA) is 20.2 Å². The molecule has 1 aromatic carbocycles. The molecule has 0 aliphatic rings. The van der Waals surface area contributed by atoms with Crippen LogP contribution < -0.4 is 5.30 Å². The van der Waals surface area contributed by atoms with Crippen LogP contribution in [-0.2, 0) is 0 Å². The number of hydrogen-bond donors (Lipinski definition) is 1. The summed E-state index contributed by atoms with van der Waals surface area (Å²) < 4.78 is 0. The van der Waals surface area contributed by atoms with E-state index in [0.29, 0.717) is 5.75 Å². The summed E-state index contributed by atoms with van der Waals surface area (Å²) in [7, 11) is -1.42. The third-order valence-electron chi connectivity index (χ3n) is 5.26. The van der Waals surface area contributed by atoms with E-state index in [9.17, 15) is 5.11 Å². The Morgan fingerprint density at radius 2 is 1.04 bits per heavy atom. The molecule has 0 fully saturated rings. The fourth-order valence-corrected chi connectivity index (χ4v) is 9.03. The van der Waals surface area contributed by atoms with Crippen LogP contribution >= 0.6 is 7.26 Å². The second-order valence-corrected chi connectivity index (χ2v) is 11.8. The molecule has 1 aromatic rings. The van der Waals surface area contributed by atoms with Gasteiger partial charge in [0.2, 0.25) is 0 Å². The number of phenolic OH excluding ortho intramolecular Hbond substituents is 1. The molecule has 0 aromatic heterocycles. The van der Waals surface area contributed by atoms with Crippen LogP contribution in [0.4, 0.5) is 0 Å². The number of unbranched alkanes of at least 4 members (excludes halogenated alkanes) is 6. The molecule has 0 saturated carbocycles. The van der Waals surface area contributed by atoms with Crippen molar-refractivity contribution in [2.45, 2.75) is 78.6 Å². The van der Waals surface area contributed by atoms with Crippen LogP contribution in [0.1, 0.15) is 78.6 Å². The van der Waals surface area contributed by atoms with Crippen molar-refractivity contribution in [3.05, 3.63) is 24.3 Å². The van der Waals surface area contributed by atoms with Crippen molar-refractivity contribution in [3.63, 3.8) is 0 Å². The van der Waals surface area contributed by atoms with Crippen molar-refractivity contribution < 1.29 is 5.11 Å². The zero-order valence-electron chi connectivity index (χ0n) is 15.7. The molecule has 1 nitrogen and oxygen atoms in total. The summed E-state index contributed by atoms with van der Waals surface area (Å²) in [5.41, 5.74) is 0. The van der Waals surface area contributed by atoms with Crippen molar-refractivity contribution in [2.24, 2.45) is 0 Å². The van der Waals surface area contributed by atoms with Gasteiger partial charge in [-0.15, -0.1) is 0 Å². The fraction of sp³-hybridized carbons (Fsp3) is 0.714. The van der Waals surface area contributed by atoms with E-state index in [4.69, 9.17) is 0 Å². The number of benzene rings is 1. The Labute approximate surface area is 145 Å². The van der Waals surface area contributed by atoms with Gasteiger partial charge >= 0.3 is 145 Å². The number of hydrogen-bond acceptors (Lipinski definition) is 1. The van der Waals surface area contributed by atoms with Crippen LogP contribution in [0.25, 0.3) is 0 Å². The van der Waals surface area contributed by atoms with E-state index in [2.05, 4.69) is 32.9 Å². The quantitative estimate of drug-likeness (QED) is 0.329. The third-order valence-corrected chi connectivity index (χ3v) is 10.7. The molecule has 134 valence electrons. The molecule has 0 saturated heterocycles. The minimum atomic E-state index is -1.42. The predicted octanol–water partition coefficient (Wildman–Crippen LogP) is 6.34. The summed E-state index contributed by atoms with van der Waals surface area (Å²) in [5, 5.41) is 11.3. The first-order valence-corrected chi connectivity index (χ1v) is 12.6. The van der Waals surface area contributed by atoms with E-state index >= 15 is 0 Å². The standard InChI is InChI=1S/C21H39OP/c1-4-7-10-17-23(18-11-8-5-2,19-12-9-6-3)21-15-13-20(22)14-16-21/h13-16,22-23H,4-12,17-19H2,1-3H3. The maximum atomic E-state index is 9.68. The van der Waals surface area contributed by atoms with Gasteiger partial charge in [0.1, 0.15) is 0 Å². The zero-order chi connectivity index (χ0) is 17.0. The molecule has 0 heterocycles. The third kappa shape index (κ3) is 7.25. The molecular weight excluding hydrogens is 299 g/mol. The Morgan fingerprint density at radius 1 is 0.652 bits per heavy atom. The summed E-state index contributed by atoms with van der Waals surface area (Å²) >= 11 is 0. The van der Waals surface area contributed by atoms with E-state index in [-0.39, 0.29) is 0 Å². The molecule has 0 aliphatic carbocycles. The molecule has 0 aliphatic heterocycles. The molecule has 0 bridgehead atoms. The Balaban J connectivity index is 2.95. The van der Waals surface area contributed by atoms with E-state index in [1.54, 1.807) is 5.30 Å². The molecule has 0 amide bonds. The summed E-state index contributed by atoms with van der Waals surface area (Å²) in [6, 6.07) is 8.31. The minimum absolute atomic E-state index is 0.410. The first-order valence-electron chi connectivity index (χ1n) is 9.98. The van der Waals surface area contributed by atoms with Gasteiger partial charge in [-0.3, -0.25) is 0 Å². The molecule has 0 atom stereocenters. The monoisotopic (exact) mass is 338 g/mol. The van der Waals surface area contributed by atoms with Gasteiger partial charge in [0.25, 0.3) is 0 Å². The molecular formula is C21H39OP. The maximum absolute atomic E-state index is 9.68. The SMILES string of the molecule is CCCCC[PH](CCCCC)(CCCCC)c1ccc(O)cc1. The van der Waals surface area contributed by atoms with E-state index in [0.717, 1.165) is 0 Å². The van der Waals surface area contributed by atoms with Gasteiger partial charge in [-0.2, -0.15) is 0 Å². The summed E-state index contributed by atoms with van der Waals surface area (Å²) in [6.45, 7) is 6.91. The second kappa shape index (κ2) is 11.9. The fourth-order valence-electron chi connectivity index (χ4n) is 3.76. The van der Waals surface area contributed by atoms with Crippen LogP contribution in [-0.4, -0.2) is 23.6 Å². The van der Waals surface area contributed by atoms with Crippen molar-refractivity contribution >= 4 is 12.6 Å².